The minimum absolute atomic E-state index is 0.221. The van der Waals surface area contributed by atoms with Crippen LogP contribution in [-0.2, 0) is 4.79 Å². The highest BCUT2D eigenvalue weighted by Gasteiger charge is 2.30. The highest BCUT2D eigenvalue weighted by molar-refractivity contribution is 7.10. The summed E-state index contributed by atoms with van der Waals surface area (Å²) in [7, 11) is 0. The van der Waals surface area contributed by atoms with Crippen molar-refractivity contribution in [3.8, 4) is 0 Å². The third-order valence-corrected chi connectivity index (χ3v) is 4.66. The van der Waals surface area contributed by atoms with E-state index in [2.05, 4.69) is 10.6 Å². The van der Waals surface area contributed by atoms with E-state index in [0.717, 1.165) is 25.7 Å². The van der Waals surface area contributed by atoms with E-state index < -0.39 is 18.0 Å². The standard InChI is InChI=1S/C14H20N2O3S/c1-14(7-3-2-4-8-14)16-13(19)15-11(12(17)18)10-6-5-9-20-10/h5-6,9,11H,2-4,7-8H2,1H3,(H,17,18)(H2,15,16,19). The molecule has 1 heterocycles. The van der Waals surface area contributed by atoms with E-state index in [0.29, 0.717) is 4.88 Å². The fourth-order valence-electron chi connectivity index (χ4n) is 2.61. The van der Waals surface area contributed by atoms with Crippen LogP contribution in [0.1, 0.15) is 49.9 Å². The maximum Gasteiger partial charge on any atom is 0.331 e. The molecule has 0 aliphatic heterocycles. The van der Waals surface area contributed by atoms with Gasteiger partial charge in [0.15, 0.2) is 6.04 Å². The fourth-order valence-corrected chi connectivity index (χ4v) is 3.38. The van der Waals surface area contributed by atoms with Gasteiger partial charge in [0.2, 0.25) is 0 Å². The molecular weight excluding hydrogens is 276 g/mol. The fraction of sp³-hybridized carbons (Fsp3) is 0.571. The van der Waals surface area contributed by atoms with Crippen molar-refractivity contribution in [3.63, 3.8) is 0 Å². The zero-order valence-corrected chi connectivity index (χ0v) is 12.3. The minimum atomic E-state index is -1.05. The first-order valence-corrected chi connectivity index (χ1v) is 7.73. The Morgan fingerprint density at radius 1 is 1.35 bits per heavy atom. The Morgan fingerprint density at radius 3 is 2.60 bits per heavy atom. The molecule has 1 unspecified atom stereocenters. The molecule has 1 aromatic heterocycles. The molecule has 2 amide bonds. The number of hydrogen-bond donors (Lipinski definition) is 3. The molecule has 1 saturated carbocycles. The van der Waals surface area contributed by atoms with Gasteiger partial charge in [-0.25, -0.2) is 9.59 Å². The number of carboxylic acid groups (broad SMARTS) is 1. The highest BCUT2D eigenvalue weighted by atomic mass is 32.1. The van der Waals surface area contributed by atoms with Gasteiger partial charge in [-0.3, -0.25) is 0 Å². The number of rotatable bonds is 4. The van der Waals surface area contributed by atoms with Crippen molar-refractivity contribution >= 4 is 23.3 Å². The molecule has 110 valence electrons. The van der Waals surface area contributed by atoms with Crippen molar-refractivity contribution in [2.24, 2.45) is 0 Å². The van der Waals surface area contributed by atoms with Crippen LogP contribution < -0.4 is 10.6 Å². The lowest BCUT2D eigenvalue weighted by Crippen LogP contribution is -2.52. The summed E-state index contributed by atoms with van der Waals surface area (Å²) in [5, 5.41) is 16.5. The molecule has 1 aliphatic rings. The molecule has 5 nitrogen and oxygen atoms in total. The number of carbonyl (C=O) groups is 2. The Bertz CT molecular complexity index is 467. The van der Waals surface area contributed by atoms with Gasteiger partial charge >= 0.3 is 12.0 Å². The Hall–Kier alpha value is -1.56. The van der Waals surface area contributed by atoms with Crippen molar-refractivity contribution in [3.05, 3.63) is 22.4 Å². The second-order valence-electron chi connectivity index (χ2n) is 5.51. The summed E-state index contributed by atoms with van der Waals surface area (Å²) >= 11 is 1.32. The summed E-state index contributed by atoms with van der Waals surface area (Å²) in [5.74, 6) is -1.05. The summed E-state index contributed by atoms with van der Waals surface area (Å²) in [5.41, 5.74) is -0.221. The lowest BCUT2D eigenvalue weighted by Gasteiger charge is -2.34. The summed E-state index contributed by atoms with van der Waals surface area (Å²) in [4.78, 5) is 23.9. The monoisotopic (exact) mass is 296 g/mol. The normalized spacial score (nSPS) is 19.1. The Morgan fingerprint density at radius 2 is 2.05 bits per heavy atom. The highest BCUT2D eigenvalue weighted by Crippen LogP contribution is 2.27. The number of thiophene rings is 1. The lowest BCUT2D eigenvalue weighted by atomic mass is 9.83. The third kappa shape index (κ3) is 3.72. The number of carbonyl (C=O) groups excluding carboxylic acids is 1. The van der Waals surface area contributed by atoms with E-state index >= 15 is 0 Å². The van der Waals surface area contributed by atoms with Crippen molar-refractivity contribution in [2.45, 2.75) is 50.6 Å². The van der Waals surface area contributed by atoms with E-state index in [4.69, 9.17) is 0 Å². The van der Waals surface area contributed by atoms with Crippen molar-refractivity contribution in [1.82, 2.24) is 10.6 Å². The van der Waals surface area contributed by atoms with E-state index in [-0.39, 0.29) is 5.54 Å². The molecule has 2 rings (SSSR count). The van der Waals surface area contributed by atoms with Gasteiger partial charge in [0.1, 0.15) is 0 Å². The maximum absolute atomic E-state index is 12.0. The molecule has 1 aromatic rings. The van der Waals surface area contributed by atoms with Crippen LogP contribution >= 0.6 is 11.3 Å². The molecule has 20 heavy (non-hydrogen) atoms. The molecule has 1 fully saturated rings. The number of nitrogens with one attached hydrogen (secondary N) is 2. The number of urea groups is 1. The second-order valence-corrected chi connectivity index (χ2v) is 6.49. The average molecular weight is 296 g/mol. The molecule has 0 bridgehead atoms. The summed E-state index contributed by atoms with van der Waals surface area (Å²) in [6, 6.07) is 2.10. The maximum atomic E-state index is 12.0. The van der Waals surface area contributed by atoms with Crippen LogP contribution in [0.4, 0.5) is 4.79 Å². The van der Waals surface area contributed by atoms with Gasteiger partial charge in [-0.05, 0) is 31.2 Å². The van der Waals surface area contributed by atoms with Gasteiger partial charge in [0, 0.05) is 10.4 Å². The van der Waals surface area contributed by atoms with E-state index in [1.54, 1.807) is 17.5 Å². The molecule has 0 radical (unpaired) electrons. The summed E-state index contributed by atoms with van der Waals surface area (Å²) in [6.45, 7) is 2.02. The Kier molecular flexibility index (Phi) is 4.65. The van der Waals surface area contributed by atoms with E-state index in [9.17, 15) is 14.7 Å². The summed E-state index contributed by atoms with van der Waals surface area (Å²) in [6.07, 6.45) is 5.29. The van der Waals surface area contributed by atoms with Gasteiger partial charge in [-0.15, -0.1) is 11.3 Å². The molecular formula is C14H20N2O3S. The number of aliphatic carboxylic acids is 1. The first-order valence-electron chi connectivity index (χ1n) is 6.85. The molecule has 0 spiro atoms. The largest absolute Gasteiger partial charge is 0.479 e. The lowest BCUT2D eigenvalue weighted by molar-refractivity contribution is -0.139. The number of carboxylic acids is 1. The first-order chi connectivity index (χ1) is 9.50. The third-order valence-electron chi connectivity index (χ3n) is 3.72. The zero-order valence-electron chi connectivity index (χ0n) is 11.5. The average Bonchev–Trinajstić information content (AvgIpc) is 2.89. The SMILES string of the molecule is CC1(NC(=O)NC(C(=O)O)c2cccs2)CCCCC1. The van der Waals surface area contributed by atoms with Crippen LogP contribution in [0.2, 0.25) is 0 Å². The van der Waals surface area contributed by atoms with Crippen LogP contribution in [0.25, 0.3) is 0 Å². The molecule has 0 saturated heterocycles. The zero-order chi connectivity index (χ0) is 14.6. The van der Waals surface area contributed by atoms with Crippen LogP contribution in [0.3, 0.4) is 0 Å². The molecule has 1 aliphatic carbocycles. The topological polar surface area (TPSA) is 78.4 Å². The van der Waals surface area contributed by atoms with Gasteiger partial charge < -0.3 is 15.7 Å². The van der Waals surface area contributed by atoms with Crippen LogP contribution in [0.5, 0.6) is 0 Å². The smallest absolute Gasteiger partial charge is 0.331 e. The number of hydrogen-bond acceptors (Lipinski definition) is 3. The van der Waals surface area contributed by atoms with Gasteiger partial charge in [0.05, 0.1) is 0 Å². The molecule has 3 N–H and O–H groups in total. The molecule has 0 aromatic carbocycles. The molecule has 1 atom stereocenters. The van der Waals surface area contributed by atoms with Crippen molar-refractivity contribution in [1.29, 1.82) is 0 Å². The van der Waals surface area contributed by atoms with Crippen molar-refractivity contribution in [2.75, 3.05) is 0 Å². The Labute approximate surface area is 122 Å². The van der Waals surface area contributed by atoms with E-state index in [1.807, 2.05) is 6.92 Å². The van der Waals surface area contributed by atoms with Gasteiger partial charge in [-0.1, -0.05) is 25.3 Å². The van der Waals surface area contributed by atoms with Crippen LogP contribution in [-0.4, -0.2) is 22.6 Å². The number of amides is 2. The minimum Gasteiger partial charge on any atom is -0.479 e. The predicted molar refractivity (Wildman–Crippen MR) is 77.9 cm³/mol. The Balaban J connectivity index is 1.97. The predicted octanol–water partition coefficient (Wildman–Crippen LogP) is 2.90. The first kappa shape index (κ1) is 14.8. The molecule has 6 heteroatoms. The van der Waals surface area contributed by atoms with Crippen LogP contribution in [0.15, 0.2) is 17.5 Å². The summed E-state index contributed by atoms with van der Waals surface area (Å²) < 4.78 is 0. The van der Waals surface area contributed by atoms with Gasteiger partial charge in [0.25, 0.3) is 0 Å². The second kappa shape index (κ2) is 6.26. The van der Waals surface area contributed by atoms with E-state index in [1.165, 1.54) is 17.8 Å². The van der Waals surface area contributed by atoms with Gasteiger partial charge in [-0.2, -0.15) is 0 Å². The van der Waals surface area contributed by atoms with Crippen LogP contribution in [0, 0.1) is 0 Å². The quantitative estimate of drug-likeness (QED) is 0.799. The van der Waals surface area contributed by atoms with Crippen molar-refractivity contribution < 1.29 is 14.7 Å².